The first-order valence-electron chi connectivity index (χ1n) is 4.51. The summed E-state index contributed by atoms with van der Waals surface area (Å²) in [5.41, 5.74) is 1.82. The standard InChI is InChI=1S/C11H14O3/c1-8-3-4-10(7-11(8)13)5-6-14-9(2)12/h3-4,7,13H,5-6H2,1-2H3. The van der Waals surface area contributed by atoms with E-state index in [0.29, 0.717) is 13.0 Å². The van der Waals surface area contributed by atoms with Crippen molar-refractivity contribution in [2.45, 2.75) is 20.3 Å². The van der Waals surface area contributed by atoms with Crippen LogP contribution in [0.3, 0.4) is 0 Å². The maximum atomic E-state index is 10.5. The van der Waals surface area contributed by atoms with Crippen molar-refractivity contribution in [3.05, 3.63) is 29.3 Å². The number of aryl methyl sites for hydroxylation is 1. The largest absolute Gasteiger partial charge is 0.508 e. The first-order chi connectivity index (χ1) is 6.59. The van der Waals surface area contributed by atoms with Crippen molar-refractivity contribution in [1.29, 1.82) is 0 Å². The molecule has 1 N–H and O–H groups in total. The fourth-order valence-electron chi connectivity index (χ4n) is 1.12. The summed E-state index contributed by atoms with van der Waals surface area (Å²) in [6, 6.07) is 5.45. The van der Waals surface area contributed by atoms with Crippen LogP contribution in [0.1, 0.15) is 18.1 Å². The van der Waals surface area contributed by atoms with Gasteiger partial charge in [-0.15, -0.1) is 0 Å². The molecule has 0 saturated carbocycles. The fraction of sp³-hybridized carbons (Fsp3) is 0.364. The van der Waals surface area contributed by atoms with Crippen molar-refractivity contribution in [1.82, 2.24) is 0 Å². The average molecular weight is 194 g/mol. The Morgan fingerprint density at radius 1 is 1.50 bits per heavy atom. The Balaban J connectivity index is 2.51. The molecule has 0 aromatic heterocycles. The van der Waals surface area contributed by atoms with Crippen LogP contribution in [-0.2, 0) is 16.0 Å². The topological polar surface area (TPSA) is 46.5 Å². The second-order valence-electron chi connectivity index (χ2n) is 3.21. The molecule has 14 heavy (non-hydrogen) atoms. The molecule has 0 saturated heterocycles. The minimum atomic E-state index is -0.277. The van der Waals surface area contributed by atoms with Gasteiger partial charge in [0.25, 0.3) is 0 Å². The van der Waals surface area contributed by atoms with Gasteiger partial charge < -0.3 is 9.84 Å². The van der Waals surface area contributed by atoms with E-state index in [1.54, 1.807) is 6.07 Å². The highest BCUT2D eigenvalue weighted by molar-refractivity contribution is 5.65. The second kappa shape index (κ2) is 4.65. The molecule has 0 aliphatic carbocycles. The number of hydrogen-bond acceptors (Lipinski definition) is 3. The highest BCUT2D eigenvalue weighted by atomic mass is 16.5. The summed E-state index contributed by atoms with van der Waals surface area (Å²) in [5, 5.41) is 9.40. The molecule has 1 aromatic rings. The molecule has 0 aliphatic rings. The predicted octanol–water partition coefficient (Wildman–Crippen LogP) is 1.81. The molecular formula is C11H14O3. The predicted molar refractivity (Wildman–Crippen MR) is 53.2 cm³/mol. The summed E-state index contributed by atoms with van der Waals surface area (Å²) in [5.74, 6) is 0.00617. The van der Waals surface area contributed by atoms with E-state index < -0.39 is 0 Å². The maximum Gasteiger partial charge on any atom is 0.302 e. The summed E-state index contributed by atoms with van der Waals surface area (Å²) in [6.45, 7) is 3.58. The van der Waals surface area contributed by atoms with E-state index in [0.717, 1.165) is 11.1 Å². The van der Waals surface area contributed by atoms with E-state index in [-0.39, 0.29) is 11.7 Å². The molecule has 1 rings (SSSR count). The lowest BCUT2D eigenvalue weighted by atomic mass is 10.1. The number of carbonyl (C=O) groups is 1. The van der Waals surface area contributed by atoms with Gasteiger partial charge in [0.15, 0.2) is 0 Å². The van der Waals surface area contributed by atoms with Gasteiger partial charge in [0, 0.05) is 13.3 Å². The van der Waals surface area contributed by atoms with Crippen LogP contribution in [-0.4, -0.2) is 17.7 Å². The van der Waals surface area contributed by atoms with Crippen molar-refractivity contribution < 1.29 is 14.6 Å². The third kappa shape index (κ3) is 3.09. The molecule has 0 amide bonds. The molecule has 76 valence electrons. The minimum Gasteiger partial charge on any atom is -0.508 e. The van der Waals surface area contributed by atoms with Crippen LogP contribution in [0.4, 0.5) is 0 Å². The number of aromatic hydroxyl groups is 1. The fourth-order valence-corrected chi connectivity index (χ4v) is 1.12. The summed E-state index contributed by atoms with van der Waals surface area (Å²) in [4.78, 5) is 10.5. The van der Waals surface area contributed by atoms with Crippen molar-refractivity contribution in [2.75, 3.05) is 6.61 Å². The van der Waals surface area contributed by atoms with Crippen LogP contribution in [0.25, 0.3) is 0 Å². The number of phenolic OH excluding ortho intramolecular Hbond substituents is 1. The van der Waals surface area contributed by atoms with Crippen molar-refractivity contribution in [2.24, 2.45) is 0 Å². The quantitative estimate of drug-likeness (QED) is 0.746. The van der Waals surface area contributed by atoms with Gasteiger partial charge in [-0.2, -0.15) is 0 Å². The third-order valence-electron chi connectivity index (χ3n) is 1.97. The Labute approximate surface area is 83.3 Å². The molecule has 1 aromatic carbocycles. The van der Waals surface area contributed by atoms with E-state index in [4.69, 9.17) is 4.74 Å². The molecule has 0 unspecified atom stereocenters. The summed E-state index contributed by atoms with van der Waals surface area (Å²) < 4.78 is 4.80. The van der Waals surface area contributed by atoms with Crippen molar-refractivity contribution in [3.8, 4) is 5.75 Å². The van der Waals surface area contributed by atoms with E-state index >= 15 is 0 Å². The smallest absolute Gasteiger partial charge is 0.302 e. The number of carbonyl (C=O) groups excluding carboxylic acids is 1. The van der Waals surface area contributed by atoms with E-state index in [1.165, 1.54) is 6.92 Å². The highest BCUT2D eigenvalue weighted by Crippen LogP contribution is 2.17. The van der Waals surface area contributed by atoms with Crippen molar-refractivity contribution in [3.63, 3.8) is 0 Å². The maximum absolute atomic E-state index is 10.5. The van der Waals surface area contributed by atoms with Crippen LogP contribution in [0, 0.1) is 6.92 Å². The summed E-state index contributed by atoms with van der Waals surface area (Å²) in [7, 11) is 0. The van der Waals surface area contributed by atoms with Crippen molar-refractivity contribution >= 4 is 5.97 Å². The Morgan fingerprint density at radius 2 is 2.21 bits per heavy atom. The molecule has 0 fully saturated rings. The van der Waals surface area contributed by atoms with E-state index in [9.17, 15) is 9.90 Å². The van der Waals surface area contributed by atoms with Crippen LogP contribution in [0.2, 0.25) is 0 Å². The molecule has 0 atom stereocenters. The second-order valence-corrected chi connectivity index (χ2v) is 3.21. The monoisotopic (exact) mass is 194 g/mol. The molecule has 0 radical (unpaired) electrons. The SMILES string of the molecule is CC(=O)OCCc1ccc(C)c(O)c1. The minimum absolute atomic E-state index is 0.277. The van der Waals surface area contributed by atoms with Gasteiger partial charge in [-0.05, 0) is 24.1 Å². The number of esters is 1. The Morgan fingerprint density at radius 3 is 2.79 bits per heavy atom. The average Bonchev–Trinajstić information content (AvgIpc) is 2.10. The molecular weight excluding hydrogens is 180 g/mol. The lowest BCUT2D eigenvalue weighted by Gasteiger charge is -2.04. The molecule has 0 aliphatic heterocycles. The summed E-state index contributed by atoms with van der Waals surface area (Å²) in [6.07, 6.45) is 0.632. The Bertz CT molecular complexity index is 331. The number of rotatable bonds is 3. The van der Waals surface area contributed by atoms with Gasteiger partial charge >= 0.3 is 5.97 Å². The van der Waals surface area contributed by atoms with Gasteiger partial charge in [0.2, 0.25) is 0 Å². The van der Waals surface area contributed by atoms with E-state index in [1.807, 2.05) is 19.1 Å². The van der Waals surface area contributed by atoms with Crippen LogP contribution in [0.5, 0.6) is 5.75 Å². The molecule has 0 spiro atoms. The van der Waals surface area contributed by atoms with Gasteiger partial charge in [-0.3, -0.25) is 4.79 Å². The van der Waals surface area contributed by atoms with Gasteiger partial charge in [-0.1, -0.05) is 12.1 Å². The lowest BCUT2D eigenvalue weighted by Crippen LogP contribution is -2.03. The van der Waals surface area contributed by atoms with Crippen LogP contribution >= 0.6 is 0 Å². The van der Waals surface area contributed by atoms with Gasteiger partial charge in [-0.25, -0.2) is 0 Å². The summed E-state index contributed by atoms with van der Waals surface area (Å²) >= 11 is 0. The normalized spacial score (nSPS) is 9.86. The van der Waals surface area contributed by atoms with E-state index in [2.05, 4.69) is 0 Å². The molecule has 0 bridgehead atoms. The zero-order valence-electron chi connectivity index (χ0n) is 8.41. The number of hydrogen-bond donors (Lipinski definition) is 1. The Kier molecular flexibility index (Phi) is 3.51. The molecule has 3 heteroatoms. The zero-order chi connectivity index (χ0) is 10.6. The van der Waals surface area contributed by atoms with Gasteiger partial charge in [0.05, 0.1) is 6.61 Å². The van der Waals surface area contributed by atoms with Gasteiger partial charge in [0.1, 0.15) is 5.75 Å². The zero-order valence-corrected chi connectivity index (χ0v) is 8.41. The lowest BCUT2D eigenvalue weighted by molar-refractivity contribution is -0.140. The van der Waals surface area contributed by atoms with Crippen LogP contribution < -0.4 is 0 Å². The number of ether oxygens (including phenoxy) is 1. The first-order valence-corrected chi connectivity index (χ1v) is 4.51. The molecule has 0 heterocycles. The first kappa shape index (κ1) is 10.6. The number of benzene rings is 1. The Hall–Kier alpha value is -1.51. The highest BCUT2D eigenvalue weighted by Gasteiger charge is 1.99. The third-order valence-corrected chi connectivity index (χ3v) is 1.97. The molecule has 3 nitrogen and oxygen atoms in total. The number of phenols is 1. The van der Waals surface area contributed by atoms with Crippen LogP contribution in [0.15, 0.2) is 18.2 Å².